The molecule has 0 fully saturated rings. The molecule has 1 aliphatic heterocycles. The van der Waals surface area contributed by atoms with Crippen LogP contribution in [0.25, 0.3) is 6.08 Å². The van der Waals surface area contributed by atoms with Crippen molar-refractivity contribution in [2.24, 2.45) is 4.99 Å². The summed E-state index contributed by atoms with van der Waals surface area (Å²) in [6.07, 6.45) is 1.43. The van der Waals surface area contributed by atoms with Gasteiger partial charge in [0.15, 0.2) is 16.3 Å². The lowest BCUT2D eigenvalue weighted by molar-refractivity contribution is -0.143. The highest BCUT2D eigenvalue weighted by Crippen LogP contribution is 2.33. The number of rotatable bonds is 7. The molecule has 1 aliphatic rings. The van der Waals surface area contributed by atoms with Crippen LogP contribution in [0.1, 0.15) is 37.9 Å². The number of benzene rings is 2. The van der Waals surface area contributed by atoms with E-state index < -0.39 is 12.0 Å². The minimum Gasteiger partial charge on any atom is -0.497 e. The van der Waals surface area contributed by atoms with Gasteiger partial charge in [0.2, 0.25) is 0 Å². The number of methoxy groups -OCH3 is 3. The third kappa shape index (κ3) is 4.66. The molecule has 36 heavy (non-hydrogen) atoms. The van der Waals surface area contributed by atoms with E-state index in [1.54, 1.807) is 70.9 Å². The maximum absolute atomic E-state index is 13.8. The normalized spacial score (nSPS) is 15.4. The summed E-state index contributed by atoms with van der Waals surface area (Å²) in [6, 6.07) is 12.0. The van der Waals surface area contributed by atoms with Gasteiger partial charge in [-0.2, -0.15) is 0 Å². The molecular weight excluding hydrogens is 480 g/mol. The second-order valence-electron chi connectivity index (χ2n) is 8.39. The number of para-hydroxylation sites is 1. The summed E-state index contributed by atoms with van der Waals surface area (Å²) >= 11 is 1.25. The van der Waals surface area contributed by atoms with Gasteiger partial charge in [0.1, 0.15) is 5.75 Å². The third-order valence-corrected chi connectivity index (χ3v) is 6.72. The number of nitrogens with zero attached hydrogens (tertiary/aromatic N) is 2. The summed E-state index contributed by atoms with van der Waals surface area (Å²) in [4.78, 5) is 32.1. The number of carbonyl (C=O) groups is 1. The van der Waals surface area contributed by atoms with Crippen molar-refractivity contribution >= 4 is 23.4 Å². The standard InChI is InChI=1S/C27H28N2O6S/c1-15(2)35-26(31)22-16(3)28-27-29(23(22)17-10-12-19(32-4)13-11-17)25(30)21(36-27)14-18-8-7-9-20(33-5)24(18)34-6/h7-15,23H,1-6H3/b21-14+/t23-/m1/s1. The number of ether oxygens (including phenoxy) is 4. The van der Waals surface area contributed by atoms with Gasteiger partial charge in [-0.15, -0.1) is 0 Å². The highest BCUT2D eigenvalue weighted by Gasteiger charge is 2.33. The van der Waals surface area contributed by atoms with E-state index in [9.17, 15) is 9.59 Å². The lowest BCUT2D eigenvalue weighted by Gasteiger charge is -2.25. The Bertz CT molecular complexity index is 1500. The summed E-state index contributed by atoms with van der Waals surface area (Å²) in [5.74, 6) is 1.25. The van der Waals surface area contributed by atoms with Gasteiger partial charge in [-0.05, 0) is 50.6 Å². The molecule has 8 nitrogen and oxygen atoms in total. The number of hydrogen-bond donors (Lipinski definition) is 0. The van der Waals surface area contributed by atoms with Gasteiger partial charge >= 0.3 is 5.97 Å². The molecule has 0 saturated heterocycles. The van der Waals surface area contributed by atoms with Crippen LogP contribution in [0.4, 0.5) is 0 Å². The van der Waals surface area contributed by atoms with Gasteiger partial charge in [-0.3, -0.25) is 9.36 Å². The van der Waals surface area contributed by atoms with Crippen molar-refractivity contribution in [3.8, 4) is 17.2 Å². The molecule has 0 amide bonds. The fourth-order valence-electron chi connectivity index (χ4n) is 4.13. The molecule has 4 rings (SSSR count). The maximum atomic E-state index is 13.8. The zero-order valence-corrected chi connectivity index (χ0v) is 21.8. The fourth-order valence-corrected chi connectivity index (χ4v) is 5.17. The molecule has 1 aromatic heterocycles. The molecule has 0 radical (unpaired) electrons. The average molecular weight is 509 g/mol. The molecule has 0 N–H and O–H groups in total. The Hall–Kier alpha value is -3.85. The first-order valence-corrected chi connectivity index (χ1v) is 12.2. The quantitative estimate of drug-likeness (QED) is 0.456. The molecule has 9 heteroatoms. The van der Waals surface area contributed by atoms with Gasteiger partial charge in [-0.1, -0.05) is 35.6 Å². The second kappa shape index (κ2) is 10.4. The van der Waals surface area contributed by atoms with Gasteiger partial charge in [-0.25, -0.2) is 9.79 Å². The number of fused-ring (bicyclic) bond motifs is 1. The van der Waals surface area contributed by atoms with Gasteiger partial charge in [0.05, 0.1) is 49.3 Å². The van der Waals surface area contributed by atoms with Crippen molar-refractivity contribution in [1.29, 1.82) is 0 Å². The summed E-state index contributed by atoms with van der Waals surface area (Å²) in [5.41, 5.74) is 2.00. The van der Waals surface area contributed by atoms with Crippen LogP contribution in [0, 0.1) is 0 Å². The largest absolute Gasteiger partial charge is 0.497 e. The van der Waals surface area contributed by atoms with Crippen LogP contribution in [0.3, 0.4) is 0 Å². The van der Waals surface area contributed by atoms with E-state index in [0.29, 0.717) is 43.4 Å². The van der Waals surface area contributed by atoms with E-state index in [-0.39, 0.29) is 11.7 Å². The Balaban J connectivity index is 1.95. The minimum absolute atomic E-state index is 0.271. The van der Waals surface area contributed by atoms with Crippen LogP contribution in [0.2, 0.25) is 0 Å². The van der Waals surface area contributed by atoms with E-state index in [1.165, 1.54) is 11.3 Å². The number of thiazole rings is 1. The van der Waals surface area contributed by atoms with Crippen LogP contribution in [0.5, 0.6) is 17.2 Å². The van der Waals surface area contributed by atoms with Crippen LogP contribution >= 0.6 is 11.3 Å². The predicted octanol–water partition coefficient (Wildman–Crippen LogP) is 3.21. The molecular formula is C27H28N2O6S. The third-order valence-electron chi connectivity index (χ3n) is 5.74. The van der Waals surface area contributed by atoms with Crippen LogP contribution in [-0.4, -0.2) is 38.0 Å². The van der Waals surface area contributed by atoms with E-state index in [1.807, 2.05) is 24.3 Å². The number of aromatic nitrogens is 1. The number of hydrogen-bond acceptors (Lipinski definition) is 8. The lowest BCUT2D eigenvalue weighted by Crippen LogP contribution is -2.40. The van der Waals surface area contributed by atoms with E-state index in [4.69, 9.17) is 18.9 Å². The Morgan fingerprint density at radius 2 is 1.78 bits per heavy atom. The number of carbonyl (C=O) groups excluding carboxylic acids is 1. The molecule has 2 aromatic carbocycles. The second-order valence-corrected chi connectivity index (χ2v) is 9.40. The molecule has 0 spiro atoms. The van der Waals surface area contributed by atoms with Crippen molar-refractivity contribution in [1.82, 2.24) is 4.57 Å². The Labute approximate surface area is 212 Å². The van der Waals surface area contributed by atoms with Gasteiger partial charge < -0.3 is 18.9 Å². The zero-order valence-electron chi connectivity index (χ0n) is 21.0. The smallest absolute Gasteiger partial charge is 0.338 e. The van der Waals surface area contributed by atoms with Crippen LogP contribution in [0.15, 0.2) is 63.5 Å². The summed E-state index contributed by atoms with van der Waals surface area (Å²) in [6.45, 7) is 5.33. The van der Waals surface area contributed by atoms with E-state index >= 15 is 0 Å². The van der Waals surface area contributed by atoms with Crippen molar-refractivity contribution < 1.29 is 23.7 Å². The molecule has 3 aromatic rings. The molecule has 1 atom stereocenters. The molecule has 2 heterocycles. The first kappa shape index (κ1) is 25.2. The van der Waals surface area contributed by atoms with Crippen molar-refractivity contribution in [2.75, 3.05) is 21.3 Å². The van der Waals surface area contributed by atoms with Gasteiger partial charge in [0, 0.05) is 5.56 Å². The summed E-state index contributed by atoms with van der Waals surface area (Å²) < 4.78 is 23.8. The molecule has 188 valence electrons. The topological polar surface area (TPSA) is 88.4 Å². The molecule has 0 unspecified atom stereocenters. The van der Waals surface area contributed by atoms with Crippen molar-refractivity contribution in [3.05, 3.63) is 84.5 Å². The van der Waals surface area contributed by atoms with Crippen LogP contribution in [-0.2, 0) is 9.53 Å². The fraction of sp³-hybridized carbons (Fsp3) is 0.296. The predicted molar refractivity (Wildman–Crippen MR) is 138 cm³/mol. The molecule has 0 saturated carbocycles. The maximum Gasteiger partial charge on any atom is 0.338 e. The Morgan fingerprint density at radius 3 is 2.39 bits per heavy atom. The first-order chi connectivity index (χ1) is 17.3. The zero-order chi connectivity index (χ0) is 26.0. The molecule has 0 aliphatic carbocycles. The minimum atomic E-state index is -0.701. The van der Waals surface area contributed by atoms with E-state index in [0.717, 1.165) is 5.56 Å². The number of esters is 1. The lowest BCUT2D eigenvalue weighted by atomic mass is 9.96. The summed E-state index contributed by atoms with van der Waals surface area (Å²) in [5, 5.41) is 0. The Kier molecular flexibility index (Phi) is 7.30. The average Bonchev–Trinajstić information content (AvgIpc) is 3.16. The first-order valence-electron chi connectivity index (χ1n) is 11.4. The van der Waals surface area contributed by atoms with Crippen molar-refractivity contribution in [3.63, 3.8) is 0 Å². The monoisotopic (exact) mass is 508 g/mol. The van der Waals surface area contributed by atoms with E-state index in [2.05, 4.69) is 4.99 Å². The van der Waals surface area contributed by atoms with Crippen LogP contribution < -0.4 is 29.1 Å². The summed E-state index contributed by atoms with van der Waals surface area (Å²) in [7, 11) is 4.70. The van der Waals surface area contributed by atoms with Crippen molar-refractivity contribution in [2.45, 2.75) is 32.9 Å². The highest BCUT2D eigenvalue weighted by molar-refractivity contribution is 7.07. The Morgan fingerprint density at radius 1 is 1.06 bits per heavy atom. The SMILES string of the molecule is COc1ccc([C@@H]2C(C(=O)OC(C)C)=C(C)N=c3s/c(=C/c4cccc(OC)c4OC)c(=O)n32)cc1. The molecule has 0 bridgehead atoms. The highest BCUT2D eigenvalue weighted by atomic mass is 32.1. The number of allylic oxidation sites excluding steroid dienone is 1. The van der Waals surface area contributed by atoms with Gasteiger partial charge in [0.25, 0.3) is 5.56 Å².